The van der Waals surface area contributed by atoms with Crippen LogP contribution in [0.1, 0.15) is 44.6 Å². The molecule has 1 unspecified atom stereocenters. The smallest absolute Gasteiger partial charge is 0.0936 e. The summed E-state index contributed by atoms with van der Waals surface area (Å²) in [5.74, 6) is 0.768. The first-order chi connectivity index (χ1) is 9.16. The second-order valence-electron chi connectivity index (χ2n) is 5.99. The van der Waals surface area contributed by atoms with Crippen LogP contribution in [-0.4, -0.2) is 23.9 Å². The molecule has 0 bridgehead atoms. The van der Waals surface area contributed by atoms with Crippen LogP contribution in [-0.2, 0) is 11.2 Å². The Morgan fingerprint density at radius 1 is 1.26 bits per heavy atom. The number of methoxy groups -OCH3 is 1. The molecule has 2 rings (SSSR count). The number of benzene rings is 1. The number of aliphatic hydroxyl groups excluding tert-OH is 1. The topological polar surface area (TPSA) is 29.5 Å². The number of hydrogen-bond acceptors (Lipinski definition) is 2. The lowest BCUT2D eigenvalue weighted by Crippen LogP contribution is -2.47. The highest BCUT2D eigenvalue weighted by atomic mass is 16.5. The van der Waals surface area contributed by atoms with Gasteiger partial charge in [0.05, 0.1) is 11.7 Å². The van der Waals surface area contributed by atoms with Gasteiger partial charge in [0, 0.05) is 7.11 Å². The van der Waals surface area contributed by atoms with Crippen LogP contribution in [0.3, 0.4) is 0 Å². The van der Waals surface area contributed by atoms with Gasteiger partial charge in [-0.1, -0.05) is 37.3 Å². The minimum Gasteiger partial charge on any atom is -0.390 e. The molecular weight excluding hydrogens is 236 g/mol. The van der Waals surface area contributed by atoms with E-state index in [9.17, 15) is 5.11 Å². The molecule has 0 saturated heterocycles. The standard InChI is InChI=1S/C17H26O2/c1-14-10-12-17(19-2,13-11-14)16(18)9-8-15-6-4-3-5-7-15/h3-7,14,16,18H,8-13H2,1-2H3. The molecule has 1 aliphatic rings. The SMILES string of the molecule is COC1(C(O)CCc2ccccc2)CCC(C)CC1. The molecule has 0 spiro atoms. The maximum atomic E-state index is 10.5. The van der Waals surface area contributed by atoms with Gasteiger partial charge in [0.15, 0.2) is 0 Å². The molecule has 0 aliphatic heterocycles. The van der Waals surface area contributed by atoms with Crippen molar-refractivity contribution in [2.24, 2.45) is 5.92 Å². The summed E-state index contributed by atoms with van der Waals surface area (Å²) in [6.45, 7) is 2.29. The van der Waals surface area contributed by atoms with Crippen molar-refractivity contribution in [3.05, 3.63) is 35.9 Å². The van der Waals surface area contributed by atoms with Crippen LogP contribution in [0.4, 0.5) is 0 Å². The first-order valence-electron chi connectivity index (χ1n) is 7.43. The third kappa shape index (κ3) is 3.58. The zero-order chi connectivity index (χ0) is 13.7. The minimum absolute atomic E-state index is 0.304. The summed E-state index contributed by atoms with van der Waals surface area (Å²) in [6, 6.07) is 10.4. The number of hydrogen-bond donors (Lipinski definition) is 1. The van der Waals surface area contributed by atoms with Gasteiger partial charge in [-0.15, -0.1) is 0 Å². The summed E-state index contributed by atoms with van der Waals surface area (Å²) in [5.41, 5.74) is 0.985. The number of aryl methyl sites for hydroxylation is 1. The summed E-state index contributed by atoms with van der Waals surface area (Å²) in [7, 11) is 1.75. The Kier molecular flexibility index (Phi) is 5.00. The highest BCUT2D eigenvalue weighted by Crippen LogP contribution is 2.38. The second-order valence-corrected chi connectivity index (χ2v) is 5.99. The molecule has 2 heteroatoms. The zero-order valence-corrected chi connectivity index (χ0v) is 12.1. The van der Waals surface area contributed by atoms with Gasteiger partial charge in [-0.25, -0.2) is 0 Å². The predicted octanol–water partition coefficient (Wildman–Crippen LogP) is 3.58. The molecule has 1 N–H and O–H groups in total. The maximum absolute atomic E-state index is 10.5. The van der Waals surface area contributed by atoms with Crippen molar-refractivity contribution in [1.82, 2.24) is 0 Å². The Hall–Kier alpha value is -0.860. The Balaban J connectivity index is 1.92. The summed E-state index contributed by atoms with van der Waals surface area (Å²) < 4.78 is 5.73. The van der Waals surface area contributed by atoms with E-state index in [1.54, 1.807) is 7.11 Å². The van der Waals surface area contributed by atoms with Crippen molar-refractivity contribution in [3.63, 3.8) is 0 Å². The van der Waals surface area contributed by atoms with Crippen LogP contribution in [0.2, 0.25) is 0 Å². The monoisotopic (exact) mass is 262 g/mol. The van der Waals surface area contributed by atoms with E-state index in [1.165, 1.54) is 5.56 Å². The summed E-state index contributed by atoms with van der Waals surface area (Å²) in [5, 5.41) is 10.5. The van der Waals surface area contributed by atoms with Gasteiger partial charge in [-0.2, -0.15) is 0 Å². The van der Waals surface area contributed by atoms with Gasteiger partial charge in [-0.3, -0.25) is 0 Å². The molecule has 1 fully saturated rings. The summed E-state index contributed by atoms with van der Waals surface area (Å²) >= 11 is 0. The van der Waals surface area contributed by atoms with E-state index in [-0.39, 0.29) is 11.7 Å². The lowest BCUT2D eigenvalue weighted by Gasteiger charge is -2.41. The van der Waals surface area contributed by atoms with Crippen molar-refractivity contribution in [3.8, 4) is 0 Å². The number of rotatable bonds is 5. The Bertz CT molecular complexity index is 366. The summed E-state index contributed by atoms with van der Waals surface area (Å²) in [6.07, 6.45) is 5.65. The normalized spacial score (nSPS) is 29.1. The number of aliphatic hydroxyl groups is 1. The predicted molar refractivity (Wildman–Crippen MR) is 78.1 cm³/mol. The van der Waals surface area contributed by atoms with Gasteiger partial charge in [0.25, 0.3) is 0 Å². The lowest BCUT2D eigenvalue weighted by atomic mass is 9.75. The van der Waals surface area contributed by atoms with Gasteiger partial charge >= 0.3 is 0 Å². The van der Waals surface area contributed by atoms with Crippen molar-refractivity contribution < 1.29 is 9.84 Å². The Labute approximate surface area is 116 Å². The first kappa shape index (κ1) is 14.5. The highest BCUT2D eigenvalue weighted by Gasteiger charge is 2.40. The number of ether oxygens (including phenoxy) is 1. The van der Waals surface area contributed by atoms with Crippen LogP contribution < -0.4 is 0 Å². The zero-order valence-electron chi connectivity index (χ0n) is 12.1. The van der Waals surface area contributed by atoms with Gasteiger partial charge in [-0.05, 0) is 50.0 Å². The van der Waals surface area contributed by atoms with Crippen LogP contribution in [0.15, 0.2) is 30.3 Å². The first-order valence-corrected chi connectivity index (χ1v) is 7.43. The van der Waals surface area contributed by atoms with Crippen molar-refractivity contribution in [2.75, 3.05) is 7.11 Å². The van der Waals surface area contributed by atoms with E-state index < -0.39 is 0 Å². The molecule has 0 amide bonds. The fourth-order valence-corrected chi connectivity index (χ4v) is 3.14. The Morgan fingerprint density at radius 2 is 1.89 bits per heavy atom. The largest absolute Gasteiger partial charge is 0.390 e. The molecule has 106 valence electrons. The van der Waals surface area contributed by atoms with E-state index >= 15 is 0 Å². The van der Waals surface area contributed by atoms with Crippen molar-refractivity contribution in [2.45, 2.75) is 57.2 Å². The fourth-order valence-electron chi connectivity index (χ4n) is 3.14. The molecule has 1 aliphatic carbocycles. The fraction of sp³-hybridized carbons (Fsp3) is 0.647. The van der Waals surface area contributed by atoms with Gasteiger partial charge in [0.1, 0.15) is 0 Å². The van der Waals surface area contributed by atoms with Crippen LogP contribution in [0.5, 0.6) is 0 Å². The summed E-state index contributed by atoms with van der Waals surface area (Å²) in [4.78, 5) is 0. The van der Waals surface area contributed by atoms with E-state index in [0.717, 1.165) is 44.4 Å². The van der Waals surface area contributed by atoms with Gasteiger partial charge < -0.3 is 9.84 Å². The van der Waals surface area contributed by atoms with E-state index in [1.807, 2.05) is 6.07 Å². The van der Waals surface area contributed by atoms with Crippen LogP contribution in [0.25, 0.3) is 0 Å². The van der Waals surface area contributed by atoms with Crippen LogP contribution in [0, 0.1) is 5.92 Å². The van der Waals surface area contributed by atoms with Crippen LogP contribution >= 0.6 is 0 Å². The Morgan fingerprint density at radius 3 is 2.47 bits per heavy atom. The highest BCUT2D eigenvalue weighted by molar-refractivity contribution is 5.15. The molecular formula is C17H26O2. The molecule has 1 aromatic rings. The molecule has 1 saturated carbocycles. The van der Waals surface area contributed by atoms with Crippen molar-refractivity contribution in [1.29, 1.82) is 0 Å². The molecule has 0 radical (unpaired) electrons. The third-order valence-electron chi connectivity index (χ3n) is 4.68. The van der Waals surface area contributed by atoms with Crippen molar-refractivity contribution >= 4 is 0 Å². The average Bonchev–Trinajstić information content (AvgIpc) is 2.47. The lowest BCUT2D eigenvalue weighted by molar-refractivity contribution is -0.130. The second kappa shape index (κ2) is 6.53. The average molecular weight is 262 g/mol. The van der Waals surface area contributed by atoms with E-state index in [4.69, 9.17) is 4.74 Å². The molecule has 0 heterocycles. The molecule has 0 aromatic heterocycles. The molecule has 19 heavy (non-hydrogen) atoms. The van der Waals surface area contributed by atoms with E-state index in [2.05, 4.69) is 31.2 Å². The van der Waals surface area contributed by atoms with Gasteiger partial charge in [0.2, 0.25) is 0 Å². The molecule has 1 aromatic carbocycles. The molecule has 2 nitrogen and oxygen atoms in total. The van der Waals surface area contributed by atoms with E-state index in [0.29, 0.717) is 0 Å². The minimum atomic E-state index is -0.356. The quantitative estimate of drug-likeness (QED) is 0.879. The maximum Gasteiger partial charge on any atom is 0.0936 e. The molecule has 1 atom stereocenters. The third-order valence-corrected chi connectivity index (χ3v) is 4.68.